The molecule has 0 aromatic carbocycles. The van der Waals surface area contributed by atoms with E-state index in [1.54, 1.807) is 47.1 Å². The van der Waals surface area contributed by atoms with Crippen molar-refractivity contribution in [3.8, 4) is 22.8 Å². The second-order valence-electron chi connectivity index (χ2n) is 7.65. The Bertz CT molecular complexity index is 1680. The van der Waals surface area contributed by atoms with Crippen molar-refractivity contribution in [2.45, 2.75) is 12.1 Å². The van der Waals surface area contributed by atoms with Crippen LogP contribution in [0.1, 0.15) is 16.1 Å². The second-order valence-corrected chi connectivity index (χ2v) is 9.56. The summed E-state index contributed by atoms with van der Waals surface area (Å²) in [5.74, 6) is 0.184. The molecule has 0 saturated carbocycles. The summed E-state index contributed by atoms with van der Waals surface area (Å²) in [5.41, 5.74) is 3.00. The quantitative estimate of drug-likeness (QED) is 0.370. The van der Waals surface area contributed by atoms with E-state index in [1.807, 2.05) is 19.1 Å². The minimum Gasteiger partial charge on any atom is -0.306 e. The Kier molecular flexibility index (Phi) is 5.49. The Hall–Kier alpha value is -4.58. The van der Waals surface area contributed by atoms with Crippen LogP contribution in [-0.2, 0) is 9.84 Å². The Morgan fingerprint density at radius 3 is 2.54 bits per heavy atom. The summed E-state index contributed by atoms with van der Waals surface area (Å²) in [6.07, 6.45) is 7.13. The van der Waals surface area contributed by atoms with Crippen LogP contribution >= 0.6 is 0 Å². The first kappa shape index (κ1) is 22.2. The number of aromatic nitrogens is 7. The maximum absolute atomic E-state index is 12.5. The number of fused-ring (bicyclic) bond motifs is 1. The molecular weight excluding hydrogens is 468 g/mol. The Morgan fingerprint density at radius 1 is 0.943 bits per heavy atom. The molecule has 0 atom stereocenters. The van der Waals surface area contributed by atoms with Gasteiger partial charge < -0.3 is 5.32 Å². The summed E-state index contributed by atoms with van der Waals surface area (Å²) < 4.78 is 25.8. The largest absolute Gasteiger partial charge is 0.306 e. The molecule has 5 heterocycles. The molecule has 0 aliphatic rings. The predicted molar refractivity (Wildman–Crippen MR) is 127 cm³/mol. The molecule has 0 unspecified atom stereocenters. The number of hydrogen-bond donors (Lipinski definition) is 1. The molecule has 0 fully saturated rings. The third kappa shape index (κ3) is 4.46. The summed E-state index contributed by atoms with van der Waals surface area (Å²) in [6, 6.07) is 12.0. The first-order valence-electron chi connectivity index (χ1n) is 10.4. The fourth-order valence-electron chi connectivity index (χ4n) is 3.44. The topological polar surface area (TPSA) is 145 Å². The van der Waals surface area contributed by atoms with Crippen LogP contribution in [0.3, 0.4) is 0 Å². The zero-order valence-electron chi connectivity index (χ0n) is 18.6. The lowest BCUT2D eigenvalue weighted by atomic mass is 10.1. The van der Waals surface area contributed by atoms with Crippen molar-refractivity contribution in [2.24, 2.45) is 0 Å². The number of amides is 1. The summed E-state index contributed by atoms with van der Waals surface area (Å²) >= 11 is 0. The summed E-state index contributed by atoms with van der Waals surface area (Å²) in [6.45, 7) is 1.86. The van der Waals surface area contributed by atoms with Crippen molar-refractivity contribution >= 4 is 27.3 Å². The van der Waals surface area contributed by atoms with Gasteiger partial charge in [0.2, 0.25) is 20.8 Å². The third-order valence-electron chi connectivity index (χ3n) is 5.00. The summed E-state index contributed by atoms with van der Waals surface area (Å²) in [5, 5.41) is 2.43. The molecule has 0 spiro atoms. The van der Waals surface area contributed by atoms with Gasteiger partial charge in [-0.05, 0) is 43.3 Å². The van der Waals surface area contributed by atoms with Gasteiger partial charge in [-0.25, -0.2) is 23.4 Å². The number of nitrogens with one attached hydrogen (secondary N) is 1. The SMILES string of the molecule is Cc1cccc(-c2nc3nc(NC(=O)c4cccnc4)ccn3c2-c2ccnc(S(C)(=O)=O)n2)n1. The molecule has 174 valence electrons. The Labute approximate surface area is 199 Å². The fourth-order valence-corrected chi connectivity index (χ4v) is 3.95. The number of carbonyl (C=O) groups is 1. The van der Waals surface area contributed by atoms with Crippen LogP contribution in [0.15, 0.2) is 72.4 Å². The Morgan fingerprint density at radius 2 is 1.80 bits per heavy atom. The van der Waals surface area contributed by atoms with Crippen molar-refractivity contribution < 1.29 is 13.2 Å². The van der Waals surface area contributed by atoms with E-state index in [-0.39, 0.29) is 22.7 Å². The van der Waals surface area contributed by atoms with E-state index in [2.05, 4.69) is 35.2 Å². The van der Waals surface area contributed by atoms with E-state index < -0.39 is 9.84 Å². The van der Waals surface area contributed by atoms with Crippen LogP contribution in [-0.4, -0.2) is 54.9 Å². The molecule has 12 heteroatoms. The van der Waals surface area contributed by atoms with Gasteiger partial charge in [-0.1, -0.05) is 6.07 Å². The van der Waals surface area contributed by atoms with Gasteiger partial charge in [0.25, 0.3) is 5.91 Å². The van der Waals surface area contributed by atoms with E-state index in [4.69, 9.17) is 0 Å². The normalized spacial score (nSPS) is 11.5. The van der Waals surface area contributed by atoms with Crippen molar-refractivity contribution in [1.29, 1.82) is 0 Å². The maximum Gasteiger partial charge on any atom is 0.258 e. The van der Waals surface area contributed by atoms with Gasteiger partial charge in [0.05, 0.1) is 17.0 Å². The first-order valence-corrected chi connectivity index (χ1v) is 12.3. The smallest absolute Gasteiger partial charge is 0.258 e. The predicted octanol–water partition coefficient (Wildman–Crippen LogP) is 2.61. The number of sulfone groups is 1. The molecule has 0 saturated heterocycles. The lowest BCUT2D eigenvalue weighted by Gasteiger charge is -2.07. The van der Waals surface area contributed by atoms with E-state index in [0.29, 0.717) is 28.3 Å². The number of aryl methyl sites for hydroxylation is 1. The second kappa shape index (κ2) is 8.65. The highest BCUT2D eigenvalue weighted by Crippen LogP contribution is 2.31. The molecule has 0 aliphatic carbocycles. The lowest BCUT2D eigenvalue weighted by Crippen LogP contribution is -2.13. The van der Waals surface area contributed by atoms with Gasteiger partial charge in [-0.15, -0.1) is 0 Å². The van der Waals surface area contributed by atoms with Crippen LogP contribution in [0, 0.1) is 6.92 Å². The van der Waals surface area contributed by atoms with Gasteiger partial charge >= 0.3 is 0 Å². The molecule has 1 N–H and O–H groups in total. The maximum atomic E-state index is 12.5. The van der Waals surface area contributed by atoms with Gasteiger partial charge in [0.15, 0.2) is 0 Å². The molecule has 5 rings (SSSR count). The van der Waals surface area contributed by atoms with E-state index in [0.717, 1.165) is 11.9 Å². The molecule has 5 aromatic rings. The molecule has 5 aromatic heterocycles. The standard InChI is InChI=1S/C23H18N8O3S/c1-14-5-3-7-16(26-14)19-20(17-8-11-25-23(27-17)35(2,33)34)31-12-9-18(29-22(31)30-19)28-21(32)15-6-4-10-24-13-15/h3-13H,1-2H3,(H,28,29,30,32). The average molecular weight is 487 g/mol. The first-order chi connectivity index (χ1) is 16.8. The highest BCUT2D eigenvalue weighted by molar-refractivity contribution is 7.90. The van der Waals surface area contributed by atoms with Crippen molar-refractivity contribution in [3.05, 3.63) is 78.5 Å². The number of rotatable bonds is 5. The zero-order valence-corrected chi connectivity index (χ0v) is 19.4. The third-order valence-corrected chi connectivity index (χ3v) is 5.86. The van der Waals surface area contributed by atoms with Crippen LogP contribution in [0.4, 0.5) is 5.82 Å². The number of nitrogens with zero attached hydrogens (tertiary/aromatic N) is 7. The molecule has 11 nitrogen and oxygen atoms in total. The van der Waals surface area contributed by atoms with E-state index in [1.165, 1.54) is 12.4 Å². The monoisotopic (exact) mass is 486 g/mol. The number of pyridine rings is 2. The molecule has 0 radical (unpaired) electrons. The van der Waals surface area contributed by atoms with Crippen molar-refractivity contribution in [2.75, 3.05) is 11.6 Å². The molecule has 35 heavy (non-hydrogen) atoms. The highest BCUT2D eigenvalue weighted by Gasteiger charge is 2.22. The van der Waals surface area contributed by atoms with E-state index >= 15 is 0 Å². The van der Waals surface area contributed by atoms with Crippen LogP contribution < -0.4 is 5.32 Å². The van der Waals surface area contributed by atoms with Crippen LogP contribution in [0.2, 0.25) is 0 Å². The van der Waals surface area contributed by atoms with Crippen LogP contribution in [0.25, 0.3) is 28.6 Å². The average Bonchev–Trinajstić information content (AvgIpc) is 3.23. The summed E-state index contributed by atoms with van der Waals surface area (Å²) in [4.78, 5) is 38.3. The number of hydrogen-bond acceptors (Lipinski definition) is 9. The van der Waals surface area contributed by atoms with Gasteiger partial charge in [-0.3, -0.25) is 19.2 Å². The van der Waals surface area contributed by atoms with E-state index in [9.17, 15) is 13.2 Å². The van der Waals surface area contributed by atoms with Crippen molar-refractivity contribution in [1.82, 2.24) is 34.3 Å². The van der Waals surface area contributed by atoms with Crippen LogP contribution in [0.5, 0.6) is 0 Å². The van der Waals surface area contributed by atoms with Crippen molar-refractivity contribution in [3.63, 3.8) is 0 Å². The van der Waals surface area contributed by atoms with Gasteiger partial charge in [-0.2, -0.15) is 4.98 Å². The minimum absolute atomic E-state index is 0.266. The number of carbonyl (C=O) groups excluding carboxylic acids is 1. The number of imidazole rings is 1. The molecule has 0 aliphatic heterocycles. The zero-order chi connectivity index (χ0) is 24.6. The molecular formula is C23H18N8O3S. The molecule has 0 bridgehead atoms. The molecule has 1 amide bonds. The van der Waals surface area contributed by atoms with Gasteiger partial charge in [0.1, 0.15) is 17.2 Å². The highest BCUT2D eigenvalue weighted by atomic mass is 32.2. The minimum atomic E-state index is -3.64. The summed E-state index contributed by atoms with van der Waals surface area (Å²) in [7, 11) is -3.64. The number of anilines is 1. The fraction of sp³-hybridized carbons (Fsp3) is 0.0870. The Balaban J connectivity index is 1.66. The lowest BCUT2D eigenvalue weighted by molar-refractivity contribution is 0.102. The van der Waals surface area contributed by atoms with Gasteiger partial charge in [0, 0.05) is 36.7 Å².